The molecule has 1 aliphatic carbocycles. The van der Waals surface area contributed by atoms with Gasteiger partial charge in [0.25, 0.3) is 0 Å². The third-order valence-electron chi connectivity index (χ3n) is 6.16. The van der Waals surface area contributed by atoms with Crippen LogP contribution in [0.2, 0.25) is 0 Å². The average molecular weight is 408 g/mol. The molecule has 1 aromatic heterocycles. The van der Waals surface area contributed by atoms with E-state index in [0.29, 0.717) is 5.92 Å². The Morgan fingerprint density at radius 2 is 2.06 bits per heavy atom. The largest absolute Gasteiger partial charge is 0.361 e. The van der Waals surface area contributed by atoms with Crippen LogP contribution in [-0.4, -0.2) is 17.2 Å². The maximum absolute atomic E-state index is 9.35. The summed E-state index contributed by atoms with van der Waals surface area (Å²) in [5.74, 6) is 0.310. The fraction of sp³-hybridized carbons (Fsp3) is 0.286. The van der Waals surface area contributed by atoms with E-state index in [9.17, 15) is 5.26 Å². The van der Waals surface area contributed by atoms with Crippen molar-refractivity contribution in [2.75, 3.05) is 6.54 Å². The van der Waals surface area contributed by atoms with Crippen molar-refractivity contribution in [3.05, 3.63) is 94.7 Å². The molecule has 2 aromatic carbocycles. The van der Waals surface area contributed by atoms with Gasteiger partial charge in [-0.2, -0.15) is 5.26 Å². The Morgan fingerprint density at radius 1 is 1.19 bits per heavy atom. The SMILES string of the molecule is CCc1ccc2[nH]cc(CCN=C(C)C3=CC(Cc4ccccc4C#N)C=CC3)c2c1. The van der Waals surface area contributed by atoms with Crippen LogP contribution in [0.15, 0.2) is 77.5 Å². The van der Waals surface area contributed by atoms with E-state index in [1.54, 1.807) is 0 Å². The lowest BCUT2D eigenvalue weighted by Gasteiger charge is -2.17. The molecule has 0 spiro atoms. The minimum absolute atomic E-state index is 0.310. The van der Waals surface area contributed by atoms with E-state index < -0.39 is 0 Å². The van der Waals surface area contributed by atoms with E-state index in [1.807, 2.05) is 18.2 Å². The molecule has 1 atom stereocenters. The quantitative estimate of drug-likeness (QED) is 0.360. The second-order valence-electron chi connectivity index (χ2n) is 8.23. The summed E-state index contributed by atoms with van der Waals surface area (Å²) in [5, 5.41) is 10.7. The second kappa shape index (κ2) is 9.62. The number of nitriles is 1. The van der Waals surface area contributed by atoms with Crippen molar-refractivity contribution in [1.29, 1.82) is 5.26 Å². The highest BCUT2D eigenvalue weighted by atomic mass is 14.7. The normalized spacial score (nSPS) is 16.4. The van der Waals surface area contributed by atoms with Crippen LogP contribution in [0.25, 0.3) is 10.9 Å². The Balaban J connectivity index is 1.43. The summed E-state index contributed by atoms with van der Waals surface area (Å²) in [4.78, 5) is 8.28. The first-order valence-corrected chi connectivity index (χ1v) is 11.1. The molecule has 4 rings (SSSR count). The monoisotopic (exact) mass is 407 g/mol. The number of rotatable bonds is 7. The smallest absolute Gasteiger partial charge is 0.0994 e. The van der Waals surface area contributed by atoms with Gasteiger partial charge in [0.05, 0.1) is 11.6 Å². The molecule has 3 nitrogen and oxygen atoms in total. The number of aromatic amines is 1. The Hall–Kier alpha value is -3.38. The first kappa shape index (κ1) is 20.9. The van der Waals surface area contributed by atoms with Gasteiger partial charge in [-0.25, -0.2) is 0 Å². The van der Waals surface area contributed by atoms with Crippen LogP contribution in [0.1, 0.15) is 42.5 Å². The fourth-order valence-corrected chi connectivity index (χ4v) is 4.31. The number of hydrogen-bond donors (Lipinski definition) is 1. The van der Waals surface area contributed by atoms with E-state index in [1.165, 1.54) is 27.6 Å². The molecule has 3 aromatic rings. The van der Waals surface area contributed by atoms with Crippen molar-refractivity contribution in [3.8, 4) is 6.07 Å². The van der Waals surface area contributed by atoms with Crippen molar-refractivity contribution in [3.63, 3.8) is 0 Å². The number of benzene rings is 2. The maximum atomic E-state index is 9.35. The Morgan fingerprint density at radius 3 is 2.90 bits per heavy atom. The number of hydrogen-bond acceptors (Lipinski definition) is 2. The van der Waals surface area contributed by atoms with Crippen molar-refractivity contribution in [1.82, 2.24) is 4.98 Å². The molecule has 3 heteroatoms. The van der Waals surface area contributed by atoms with Crippen molar-refractivity contribution < 1.29 is 0 Å². The lowest BCUT2D eigenvalue weighted by Crippen LogP contribution is -2.09. The average Bonchev–Trinajstić information content (AvgIpc) is 3.21. The molecule has 1 aliphatic rings. The molecule has 1 unspecified atom stereocenters. The van der Waals surface area contributed by atoms with E-state index in [-0.39, 0.29) is 0 Å². The van der Waals surface area contributed by atoms with Crippen molar-refractivity contribution >= 4 is 16.6 Å². The summed E-state index contributed by atoms with van der Waals surface area (Å²) in [6.45, 7) is 5.10. The van der Waals surface area contributed by atoms with Crippen LogP contribution in [-0.2, 0) is 19.3 Å². The van der Waals surface area contributed by atoms with Crippen LogP contribution in [0.5, 0.6) is 0 Å². The molecule has 31 heavy (non-hydrogen) atoms. The number of H-pyrrole nitrogens is 1. The summed E-state index contributed by atoms with van der Waals surface area (Å²) in [6, 6.07) is 16.9. The van der Waals surface area contributed by atoms with Crippen LogP contribution >= 0.6 is 0 Å². The molecule has 1 N–H and O–H groups in total. The van der Waals surface area contributed by atoms with Crippen LogP contribution in [0, 0.1) is 17.2 Å². The van der Waals surface area contributed by atoms with Gasteiger partial charge in [-0.15, -0.1) is 0 Å². The predicted octanol–water partition coefficient (Wildman–Crippen LogP) is 6.35. The van der Waals surface area contributed by atoms with E-state index >= 15 is 0 Å². The number of allylic oxidation sites excluding steroid dienone is 4. The van der Waals surface area contributed by atoms with Gasteiger partial charge >= 0.3 is 0 Å². The minimum Gasteiger partial charge on any atom is -0.361 e. The van der Waals surface area contributed by atoms with Gasteiger partial charge in [0.2, 0.25) is 0 Å². The summed E-state index contributed by atoms with van der Waals surface area (Å²) in [5.41, 5.74) is 8.21. The molecular weight excluding hydrogens is 378 g/mol. The Kier molecular flexibility index (Phi) is 6.48. The highest BCUT2D eigenvalue weighted by Crippen LogP contribution is 2.24. The van der Waals surface area contributed by atoms with Crippen LogP contribution in [0.3, 0.4) is 0 Å². The second-order valence-corrected chi connectivity index (χ2v) is 8.23. The highest BCUT2D eigenvalue weighted by Gasteiger charge is 2.13. The maximum Gasteiger partial charge on any atom is 0.0994 e. The fourth-order valence-electron chi connectivity index (χ4n) is 4.31. The van der Waals surface area contributed by atoms with Crippen LogP contribution in [0.4, 0.5) is 0 Å². The van der Waals surface area contributed by atoms with Gasteiger partial charge in [0.15, 0.2) is 0 Å². The van der Waals surface area contributed by atoms with Gasteiger partial charge in [0.1, 0.15) is 0 Å². The third-order valence-corrected chi connectivity index (χ3v) is 6.16. The zero-order valence-corrected chi connectivity index (χ0v) is 18.4. The lowest BCUT2D eigenvalue weighted by atomic mass is 9.89. The molecule has 0 radical (unpaired) electrons. The molecule has 0 saturated heterocycles. The molecule has 0 bridgehead atoms. The van der Waals surface area contributed by atoms with Crippen molar-refractivity contribution in [2.45, 2.75) is 39.5 Å². The molecule has 1 heterocycles. The number of aliphatic imine (C=N–C) groups is 1. The molecule has 0 fully saturated rings. The number of nitrogens with one attached hydrogen (secondary N) is 1. The van der Waals surface area contributed by atoms with Gasteiger partial charge in [-0.1, -0.05) is 49.4 Å². The molecular formula is C28H29N3. The predicted molar refractivity (Wildman–Crippen MR) is 130 cm³/mol. The van der Waals surface area contributed by atoms with E-state index in [4.69, 9.17) is 4.99 Å². The molecule has 156 valence electrons. The highest BCUT2D eigenvalue weighted by molar-refractivity contribution is 5.98. The Bertz CT molecular complexity index is 1200. The van der Waals surface area contributed by atoms with Crippen molar-refractivity contribution in [2.24, 2.45) is 10.9 Å². The number of aryl methyl sites for hydroxylation is 1. The minimum atomic E-state index is 0.310. The lowest BCUT2D eigenvalue weighted by molar-refractivity contribution is 0.781. The number of aromatic nitrogens is 1. The molecule has 0 aliphatic heterocycles. The summed E-state index contributed by atoms with van der Waals surface area (Å²) in [6.07, 6.45) is 12.7. The number of fused-ring (bicyclic) bond motifs is 1. The summed E-state index contributed by atoms with van der Waals surface area (Å²) >= 11 is 0. The van der Waals surface area contributed by atoms with E-state index in [2.05, 4.69) is 73.6 Å². The van der Waals surface area contributed by atoms with Gasteiger partial charge in [0, 0.05) is 29.4 Å². The summed E-state index contributed by atoms with van der Waals surface area (Å²) < 4.78 is 0. The standard InChI is InChI=1S/C28H29N3/c1-3-21-11-12-28-27(17-21)26(19-31-28)13-14-30-20(2)23-10-6-7-22(15-23)16-24-8-4-5-9-25(24)18-29/h4-9,11-12,15,17,19,22,31H,3,10,13-14,16H2,1-2H3. The molecule has 0 saturated carbocycles. The summed E-state index contributed by atoms with van der Waals surface area (Å²) in [7, 11) is 0. The zero-order chi connectivity index (χ0) is 21.6. The Labute approximate surface area is 184 Å². The number of nitrogens with zero attached hydrogens (tertiary/aromatic N) is 2. The molecule has 0 amide bonds. The third kappa shape index (κ3) is 4.86. The topological polar surface area (TPSA) is 51.9 Å². The zero-order valence-electron chi connectivity index (χ0n) is 18.4. The first-order chi connectivity index (χ1) is 15.2. The van der Waals surface area contributed by atoms with Gasteiger partial charge in [-0.3, -0.25) is 4.99 Å². The van der Waals surface area contributed by atoms with Gasteiger partial charge < -0.3 is 4.98 Å². The first-order valence-electron chi connectivity index (χ1n) is 11.1. The van der Waals surface area contributed by atoms with Gasteiger partial charge in [-0.05, 0) is 79.0 Å². The van der Waals surface area contributed by atoms with E-state index in [0.717, 1.165) is 49.1 Å². The van der Waals surface area contributed by atoms with Crippen LogP contribution < -0.4 is 0 Å².